The second-order valence-electron chi connectivity index (χ2n) is 17.9. The first-order chi connectivity index (χ1) is 27.1. The van der Waals surface area contributed by atoms with Gasteiger partial charge in [-0.15, -0.1) is 0 Å². The summed E-state index contributed by atoms with van der Waals surface area (Å²) in [5.41, 5.74) is 10.7. The average molecular weight is 806 g/mol. The molecule has 3 aliphatic rings. The van der Waals surface area contributed by atoms with Crippen LogP contribution in [0.25, 0.3) is 0 Å². The minimum absolute atomic E-state index is 0.103. The molecule has 316 valence electrons. The molecule has 16 nitrogen and oxygen atoms in total. The maximum Gasteiger partial charge on any atom is 0.405 e. The van der Waals surface area contributed by atoms with E-state index in [1.165, 1.54) is 9.80 Å². The summed E-state index contributed by atoms with van der Waals surface area (Å²) in [6.45, 7) is 13.3. The molecule has 58 heavy (non-hydrogen) atoms. The predicted molar refractivity (Wildman–Crippen MR) is 214 cm³/mol. The van der Waals surface area contributed by atoms with Crippen LogP contribution in [0, 0.1) is 10.8 Å². The monoisotopic (exact) mass is 805 g/mol. The van der Waals surface area contributed by atoms with Gasteiger partial charge in [-0.25, -0.2) is 9.59 Å². The molecule has 16 heteroatoms. The molecule has 0 radical (unpaired) electrons. The zero-order valence-electron chi connectivity index (χ0n) is 34.4. The topological polar surface area (TPSA) is 238 Å². The molecule has 3 saturated heterocycles. The van der Waals surface area contributed by atoms with E-state index < -0.39 is 69.8 Å². The third-order valence-electron chi connectivity index (χ3n) is 11.9. The first-order valence-electron chi connectivity index (χ1n) is 19.8. The Balaban J connectivity index is 1.39. The highest BCUT2D eigenvalue weighted by Crippen LogP contribution is 2.42. The van der Waals surface area contributed by atoms with E-state index in [0.29, 0.717) is 63.1 Å². The van der Waals surface area contributed by atoms with Crippen molar-refractivity contribution in [1.82, 2.24) is 25.3 Å². The smallest absolute Gasteiger partial charge is 0.405 e. The van der Waals surface area contributed by atoms with E-state index in [2.05, 4.69) is 15.5 Å². The molecule has 0 aliphatic carbocycles. The lowest BCUT2D eigenvalue weighted by atomic mass is 9.82. The van der Waals surface area contributed by atoms with Gasteiger partial charge in [-0.1, -0.05) is 90.1 Å². The van der Waals surface area contributed by atoms with E-state index in [0.717, 1.165) is 17.5 Å². The van der Waals surface area contributed by atoms with Crippen molar-refractivity contribution in [2.24, 2.45) is 22.3 Å². The van der Waals surface area contributed by atoms with Crippen molar-refractivity contribution < 1.29 is 43.7 Å². The second kappa shape index (κ2) is 16.9. The lowest BCUT2D eigenvalue weighted by molar-refractivity contribution is -0.147. The SMILES string of the molecule is CC(C)(C)[C@H](NC(=O)O)C(=O)N1CCC[C@@]1(C(N)=O)c1ccc(CN(Cc2ccc([C@]3(C(N)=O)CCCN3C(=O)[C@@H](NC(=O)O)C(C)(C)C)cc2)[C@@H]2CCOC2)cc1. The third kappa shape index (κ3) is 8.77. The van der Waals surface area contributed by atoms with Gasteiger partial charge in [0, 0.05) is 38.8 Å². The first-order valence-corrected chi connectivity index (χ1v) is 19.8. The summed E-state index contributed by atoms with van der Waals surface area (Å²) in [7, 11) is 0. The van der Waals surface area contributed by atoms with Crippen molar-refractivity contribution in [2.75, 3.05) is 26.3 Å². The normalized spacial score (nSPS) is 23.4. The zero-order valence-corrected chi connectivity index (χ0v) is 34.4. The van der Waals surface area contributed by atoms with Crippen LogP contribution in [0.1, 0.15) is 95.9 Å². The van der Waals surface area contributed by atoms with Crippen LogP contribution in [0.4, 0.5) is 9.59 Å². The number of hydrogen-bond acceptors (Lipinski definition) is 8. The van der Waals surface area contributed by atoms with Crippen molar-refractivity contribution in [1.29, 1.82) is 0 Å². The van der Waals surface area contributed by atoms with E-state index >= 15 is 0 Å². The largest absolute Gasteiger partial charge is 0.465 e. The number of primary amides is 2. The van der Waals surface area contributed by atoms with Crippen molar-refractivity contribution in [2.45, 2.75) is 116 Å². The Bertz CT molecular complexity index is 1740. The number of nitrogens with two attached hydrogens (primary N) is 2. The van der Waals surface area contributed by atoms with E-state index in [-0.39, 0.29) is 19.1 Å². The van der Waals surface area contributed by atoms with Gasteiger partial charge in [0.05, 0.1) is 6.61 Å². The number of rotatable bonds is 13. The van der Waals surface area contributed by atoms with Crippen molar-refractivity contribution in [3.8, 4) is 0 Å². The van der Waals surface area contributed by atoms with E-state index in [1.54, 1.807) is 41.5 Å². The number of amides is 6. The molecular formula is C42H59N7O9. The molecule has 8 N–H and O–H groups in total. The number of ether oxygens (including phenoxy) is 1. The molecule has 0 bridgehead atoms. The highest BCUT2D eigenvalue weighted by Gasteiger charge is 2.54. The van der Waals surface area contributed by atoms with Crippen LogP contribution in [0.2, 0.25) is 0 Å². The average Bonchev–Trinajstić information content (AvgIpc) is 3.93. The lowest BCUT2D eigenvalue weighted by Gasteiger charge is -2.41. The van der Waals surface area contributed by atoms with Gasteiger partial charge in [0.1, 0.15) is 23.2 Å². The van der Waals surface area contributed by atoms with Gasteiger partial charge in [0.25, 0.3) is 0 Å². The molecule has 5 rings (SSSR count). The number of likely N-dealkylation sites (tertiary alicyclic amines) is 2. The van der Waals surface area contributed by atoms with Crippen molar-refractivity contribution in [3.05, 3.63) is 70.8 Å². The molecule has 0 saturated carbocycles. The maximum absolute atomic E-state index is 14.0. The molecule has 0 aromatic heterocycles. The van der Waals surface area contributed by atoms with Gasteiger partial charge in [-0.05, 0) is 65.2 Å². The number of nitrogens with one attached hydrogen (secondary N) is 2. The Morgan fingerprint density at radius 2 is 1.10 bits per heavy atom. The highest BCUT2D eigenvalue weighted by atomic mass is 16.5. The molecule has 6 amide bonds. The summed E-state index contributed by atoms with van der Waals surface area (Å²) >= 11 is 0. The minimum atomic E-state index is -1.44. The van der Waals surface area contributed by atoms with Crippen LogP contribution in [0.15, 0.2) is 48.5 Å². The molecule has 0 spiro atoms. The Morgan fingerprint density at radius 3 is 1.40 bits per heavy atom. The molecule has 3 fully saturated rings. The Kier molecular flexibility index (Phi) is 12.8. The summed E-state index contributed by atoms with van der Waals surface area (Å²) in [5, 5.41) is 23.7. The first kappa shape index (κ1) is 43.9. The molecular weight excluding hydrogens is 747 g/mol. The van der Waals surface area contributed by atoms with Gasteiger partial charge < -0.3 is 46.9 Å². The second-order valence-corrected chi connectivity index (χ2v) is 17.9. The standard InChI is InChI=1S/C42H59N7O9/c1-39(2,3)31(45-37(54)55)33(50)48-20-7-18-41(48,35(43)52)28-13-9-26(10-14-28)23-47(30-17-22-58-25-30)24-27-11-15-29(16-12-27)42(36(44)53)19-8-21-49(42)34(51)32(40(4,5)6)46-38(56)57/h9-16,30-32,45-46H,7-8,17-25H2,1-6H3,(H2,43,52)(H2,44,53)(H,54,55)(H,56,57)/t30-,31-,32-,41+,42+/m1/s1. The highest BCUT2D eigenvalue weighted by molar-refractivity contribution is 5.96. The fraction of sp³-hybridized carbons (Fsp3) is 0.571. The number of benzene rings is 2. The van der Waals surface area contributed by atoms with Gasteiger partial charge in [-0.3, -0.25) is 24.1 Å². The predicted octanol–water partition coefficient (Wildman–Crippen LogP) is 3.45. The Morgan fingerprint density at radius 1 is 0.724 bits per heavy atom. The van der Waals surface area contributed by atoms with Crippen molar-refractivity contribution >= 4 is 35.8 Å². The molecule has 3 heterocycles. The molecule has 3 aliphatic heterocycles. The summed E-state index contributed by atoms with van der Waals surface area (Å²) < 4.78 is 5.77. The van der Waals surface area contributed by atoms with Crippen LogP contribution in [-0.4, -0.2) is 105 Å². The fourth-order valence-corrected chi connectivity index (χ4v) is 8.85. The van der Waals surface area contributed by atoms with Gasteiger partial charge in [0.15, 0.2) is 0 Å². The van der Waals surface area contributed by atoms with Crippen molar-refractivity contribution in [3.63, 3.8) is 0 Å². The molecule has 2 aromatic rings. The number of carbonyl (C=O) groups is 6. The van der Waals surface area contributed by atoms with Gasteiger partial charge >= 0.3 is 12.2 Å². The Hall–Kier alpha value is -5.22. The fourth-order valence-electron chi connectivity index (χ4n) is 8.85. The van der Waals surface area contributed by atoms with E-state index in [9.17, 15) is 39.0 Å². The molecule has 5 atom stereocenters. The molecule has 2 aromatic carbocycles. The minimum Gasteiger partial charge on any atom is -0.465 e. The summed E-state index contributed by atoms with van der Waals surface area (Å²) in [5.74, 6) is -2.38. The third-order valence-corrected chi connectivity index (χ3v) is 11.9. The summed E-state index contributed by atoms with van der Waals surface area (Å²) in [4.78, 5) is 83.0. The number of carboxylic acid groups (broad SMARTS) is 2. The quantitative estimate of drug-likeness (QED) is 0.172. The van der Waals surface area contributed by atoms with Crippen LogP contribution in [-0.2, 0) is 48.1 Å². The van der Waals surface area contributed by atoms with Gasteiger partial charge in [0.2, 0.25) is 23.6 Å². The van der Waals surface area contributed by atoms with Gasteiger partial charge in [-0.2, -0.15) is 0 Å². The zero-order chi connectivity index (χ0) is 42.8. The van der Waals surface area contributed by atoms with Crippen LogP contribution in [0.3, 0.4) is 0 Å². The number of nitrogens with zero attached hydrogens (tertiary/aromatic N) is 3. The number of hydrogen-bond donors (Lipinski definition) is 6. The van der Waals surface area contributed by atoms with Crippen LogP contribution >= 0.6 is 0 Å². The lowest BCUT2D eigenvalue weighted by Crippen LogP contribution is -2.61. The maximum atomic E-state index is 14.0. The van der Waals surface area contributed by atoms with E-state index in [1.807, 2.05) is 48.5 Å². The summed E-state index contributed by atoms with van der Waals surface area (Å²) in [6.07, 6.45) is -0.211. The summed E-state index contributed by atoms with van der Waals surface area (Å²) in [6, 6.07) is 12.8. The molecule has 0 unspecified atom stereocenters. The Labute approximate surface area is 339 Å². The van der Waals surface area contributed by atoms with Crippen LogP contribution in [0.5, 0.6) is 0 Å². The van der Waals surface area contributed by atoms with Crippen LogP contribution < -0.4 is 22.1 Å². The number of carbonyl (C=O) groups excluding carboxylic acids is 4. The van der Waals surface area contributed by atoms with E-state index in [4.69, 9.17) is 16.2 Å².